The van der Waals surface area contributed by atoms with Crippen molar-refractivity contribution in [3.05, 3.63) is 29.3 Å². The maximum atomic E-state index is 11.4. The van der Waals surface area contributed by atoms with Crippen LogP contribution in [-0.4, -0.2) is 32.4 Å². The first-order valence-corrected chi connectivity index (χ1v) is 5.49. The zero-order valence-corrected chi connectivity index (χ0v) is 9.69. The molecule has 1 aliphatic rings. The van der Waals surface area contributed by atoms with Crippen molar-refractivity contribution >= 4 is 17.8 Å². The summed E-state index contributed by atoms with van der Waals surface area (Å²) in [6.45, 7) is 1.36. The molecule has 1 aromatic carbocycles. The Bertz CT molecular complexity index is 443. The van der Waals surface area contributed by atoms with Crippen LogP contribution in [0.1, 0.15) is 15.9 Å². The molecule has 1 heterocycles. The van der Waals surface area contributed by atoms with Gasteiger partial charge in [-0.2, -0.15) is 0 Å². The third-order valence-corrected chi connectivity index (χ3v) is 2.52. The summed E-state index contributed by atoms with van der Waals surface area (Å²) in [5, 5.41) is 0. The van der Waals surface area contributed by atoms with E-state index in [-0.39, 0.29) is 5.91 Å². The van der Waals surface area contributed by atoms with E-state index >= 15 is 0 Å². The van der Waals surface area contributed by atoms with Crippen LogP contribution in [0, 0.1) is 0 Å². The fourth-order valence-corrected chi connectivity index (χ4v) is 1.66. The first kappa shape index (κ1) is 11.8. The first-order valence-electron chi connectivity index (χ1n) is 5.49. The average Bonchev–Trinajstić information content (AvgIpc) is 2.35. The number of benzene rings is 1. The Kier molecular flexibility index (Phi) is 3.85. The molecule has 90 valence electrons. The van der Waals surface area contributed by atoms with Crippen LogP contribution in [0.5, 0.6) is 0 Å². The predicted molar refractivity (Wildman–Crippen MR) is 66.5 cm³/mol. The van der Waals surface area contributed by atoms with Crippen LogP contribution >= 0.6 is 0 Å². The van der Waals surface area contributed by atoms with E-state index in [1.807, 2.05) is 12.1 Å². The molecular weight excluding hydrogens is 218 g/mol. The lowest BCUT2D eigenvalue weighted by Gasteiger charge is -2.13. The number of carbonyl (C=O) groups excluding carboxylic acids is 1. The minimum absolute atomic E-state index is 0.162. The normalized spacial score (nSPS) is 13.6. The number of carbonyl (C=O) groups is 1. The molecule has 2 N–H and O–H groups in total. The summed E-state index contributed by atoms with van der Waals surface area (Å²) in [6.07, 6.45) is 2.35. The summed E-state index contributed by atoms with van der Waals surface area (Å²) in [5.41, 5.74) is 8.71. The Morgan fingerprint density at radius 2 is 2.35 bits per heavy atom. The molecule has 1 amide bonds. The molecule has 5 heteroatoms. The van der Waals surface area contributed by atoms with E-state index in [0.717, 1.165) is 11.3 Å². The molecule has 0 saturated carbocycles. The molecule has 0 bridgehead atoms. The van der Waals surface area contributed by atoms with Gasteiger partial charge in [0.2, 0.25) is 0 Å². The number of hydrogen-bond acceptors (Lipinski definition) is 4. The zero-order chi connectivity index (χ0) is 12.1. The Balaban J connectivity index is 2.00. The molecule has 0 saturated heterocycles. The summed E-state index contributed by atoms with van der Waals surface area (Å²) >= 11 is 0. The molecule has 17 heavy (non-hydrogen) atoms. The SMILES string of the molecule is COCCNNc1ccc2c(c1)CC=NC2=O. The van der Waals surface area contributed by atoms with Gasteiger partial charge in [0, 0.05) is 37.5 Å². The Hall–Kier alpha value is -1.72. The molecular formula is C12H15N3O2. The number of hydrazine groups is 1. The molecule has 0 fully saturated rings. The van der Waals surface area contributed by atoms with Crippen molar-refractivity contribution in [3.63, 3.8) is 0 Å². The molecule has 1 aromatic rings. The summed E-state index contributed by atoms with van der Waals surface area (Å²) in [6, 6.07) is 5.62. The highest BCUT2D eigenvalue weighted by Crippen LogP contribution is 2.19. The number of aliphatic imine (C=N–C) groups is 1. The van der Waals surface area contributed by atoms with E-state index < -0.39 is 0 Å². The first-order chi connectivity index (χ1) is 8.31. The van der Waals surface area contributed by atoms with E-state index in [1.165, 1.54) is 0 Å². The van der Waals surface area contributed by atoms with E-state index in [9.17, 15) is 4.79 Å². The number of methoxy groups -OCH3 is 1. The van der Waals surface area contributed by atoms with Crippen LogP contribution < -0.4 is 10.9 Å². The highest BCUT2D eigenvalue weighted by molar-refractivity contribution is 6.03. The summed E-state index contributed by atoms with van der Waals surface area (Å²) in [4.78, 5) is 15.2. The van der Waals surface area contributed by atoms with E-state index in [0.29, 0.717) is 25.1 Å². The number of nitrogens with zero attached hydrogens (tertiary/aromatic N) is 1. The van der Waals surface area contributed by atoms with Gasteiger partial charge in [-0.25, -0.2) is 10.4 Å². The lowest BCUT2D eigenvalue weighted by atomic mass is 10.0. The summed E-state index contributed by atoms with van der Waals surface area (Å²) < 4.78 is 4.92. The number of hydrogen-bond donors (Lipinski definition) is 2. The standard InChI is InChI=1S/C12H15N3O2/c1-17-7-6-14-15-10-2-3-11-9(8-10)4-5-13-12(11)16/h2-3,5,8,14-15H,4,6-7H2,1H3. The number of amides is 1. The van der Waals surface area contributed by atoms with Gasteiger partial charge in [-0.15, -0.1) is 0 Å². The molecule has 0 spiro atoms. The van der Waals surface area contributed by atoms with Crippen molar-refractivity contribution < 1.29 is 9.53 Å². The third kappa shape index (κ3) is 2.89. The Morgan fingerprint density at radius 3 is 3.18 bits per heavy atom. The van der Waals surface area contributed by atoms with Crippen molar-refractivity contribution in [2.75, 3.05) is 25.7 Å². The maximum absolute atomic E-state index is 11.4. The minimum atomic E-state index is -0.162. The lowest BCUT2D eigenvalue weighted by molar-refractivity contribution is 0.100. The van der Waals surface area contributed by atoms with Crippen molar-refractivity contribution in [1.29, 1.82) is 0 Å². The van der Waals surface area contributed by atoms with Crippen molar-refractivity contribution in [3.8, 4) is 0 Å². The van der Waals surface area contributed by atoms with E-state index in [1.54, 1.807) is 19.4 Å². The van der Waals surface area contributed by atoms with Gasteiger partial charge in [0.05, 0.1) is 6.61 Å². The lowest BCUT2D eigenvalue weighted by Crippen LogP contribution is -2.25. The molecule has 1 aliphatic heterocycles. The van der Waals surface area contributed by atoms with Gasteiger partial charge in [-0.3, -0.25) is 4.79 Å². The molecule has 0 unspecified atom stereocenters. The maximum Gasteiger partial charge on any atom is 0.276 e. The molecule has 0 aromatic heterocycles. The van der Waals surface area contributed by atoms with Gasteiger partial charge in [-0.1, -0.05) is 0 Å². The number of rotatable bonds is 5. The predicted octanol–water partition coefficient (Wildman–Crippen LogP) is 1.02. The second kappa shape index (κ2) is 5.56. The molecule has 0 aliphatic carbocycles. The van der Waals surface area contributed by atoms with Crippen LogP contribution in [0.15, 0.2) is 23.2 Å². The van der Waals surface area contributed by atoms with Crippen LogP contribution in [0.2, 0.25) is 0 Å². The minimum Gasteiger partial charge on any atom is -0.383 e. The summed E-state index contributed by atoms with van der Waals surface area (Å²) in [7, 11) is 1.66. The van der Waals surface area contributed by atoms with Crippen molar-refractivity contribution in [1.82, 2.24) is 5.43 Å². The van der Waals surface area contributed by atoms with Crippen LogP contribution in [0.3, 0.4) is 0 Å². The largest absolute Gasteiger partial charge is 0.383 e. The number of anilines is 1. The Morgan fingerprint density at radius 1 is 1.47 bits per heavy atom. The van der Waals surface area contributed by atoms with E-state index in [2.05, 4.69) is 15.8 Å². The molecule has 2 rings (SSSR count). The van der Waals surface area contributed by atoms with Crippen molar-refractivity contribution in [2.45, 2.75) is 6.42 Å². The fourth-order valence-electron chi connectivity index (χ4n) is 1.66. The van der Waals surface area contributed by atoms with Gasteiger partial charge >= 0.3 is 0 Å². The second-order valence-electron chi connectivity index (χ2n) is 3.74. The second-order valence-corrected chi connectivity index (χ2v) is 3.74. The quantitative estimate of drug-likeness (QED) is 0.588. The highest BCUT2D eigenvalue weighted by Gasteiger charge is 2.13. The van der Waals surface area contributed by atoms with Gasteiger partial charge in [-0.05, 0) is 23.8 Å². The van der Waals surface area contributed by atoms with Crippen LogP contribution in [-0.2, 0) is 11.2 Å². The topological polar surface area (TPSA) is 62.7 Å². The van der Waals surface area contributed by atoms with Gasteiger partial charge < -0.3 is 10.2 Å². The summed E-state index contributed by atoms with van der Waals surface area (Å²) in [5.74, 6) is -0.162. The van der Waals surface area contributed by atoms with Gasteiger partial charge in [0.15, 0.2) is 0 Å². The van der Waals surface area contributed by atoms with Crippen LogP contribution in [0.25, 0.3) is 0 Å². The average molecular weight is 233 g/mol. The van der Waals surface area contributed by atoms with Gasteiger partial charge in [0.25, 0.3) is 5.91 Å². The van der Waals surface area contributed by atoms with Crippen LogP contribution in [0.4, 0.5) is 5.69 Å². The van der Waals surface area contributed by atoms with Crippen molar-refractivity contribution in [2.24, 2.45) is 4.99 Å². The van der Waals surface area contributed by atoms with Gasteiger partial charge in [0.1, 0.15) is 0 Å². The Labute approximate surface area is 99.9 Å². The third-order valence-electron chi connectivity index (χ3n) is 2.52. The highest BCUT2D eigenvalue weighted by atomic mass is 16.5. The monoisotopic (exact) mass is 233 g/mol. The zero-order valence-electron chi connectivity index (χ0n) is 9.69. The number of ether oxygens (including phenoxy) is 1. The number of nitrogens with one attached hydrogen (secondary N) is 2. The molecule has 0 atom stereocenters. The van der Waals surface area contributed by atoms with E-state index in [4.69, 9.17) is 4.74 Å². The molecule has 5 nitrogen and oxygen atoms in total. The molecule has 0 radical (unpaired) electrons. The number of fused-ring (bicyclic) bond motifs is 1. The fraction of sp³-hybridized carbons (Fsp3) is 0.333. The smallest absolute Gasteiger partial charge is 0.276 e.